The van der Waals surface area contributed by atoms with Crippen LogP contribution in [-0.2, 0) is 9.59 Å². The number of hydrogen-bond acceptors (Lipinski definition) is 4. The Morgan fingerprint density at radius 1 is 1.25 bits per heavy atom. The highest BCUT2D eigenvalue weighted by atomic mass is 16.1. The van der Waals surface area contributed by atoms with Crippen molar-refractivity contribution in [3.05, 3.63) is 0 Å². The summed E-state index contributed by atoms with van der Waals surface area (Å²) in [6, 6.07) is 0.0995. The van der Waals surface area contributed by atoms with Gasteiger partial charge in [0.05, 0.1) is 12.6 Å². The van der Waals surface area contributed by atoms with Crippen LogP contribution in [0.3, 0.4) is 0 Å². The van der Waals surface area contributed by atoms with Crippen molar-refractivity contribution in [2.24, 2.45) is 9.98 Å². The third-order valence-electron chi connectivity index (χ3n) is 0.711. The molecule has 0 aliphatic heterocycles. The molecule has 0 saturated heterocycles. The Hall–Kier alpha value is -1.24. The van der Waals surface area contributed by atoms with E-state index < -0.39 is 0 Å². The van der Waals surface area contributed by atoms with Crippen LogP contribution in [0.2, 0.25) is 0 Å². The molecule has 0 aliphatic carbocycles. The van der Waals surface area contributed by atoms with Gasteiger partial charge >= 0.3 is 0 Å². The van der Waals surface area contributed by atoms with Crippen molar-refractivity contribution in [1.82, 2.24) is 0 Å². The van der Waals surface area contributed by atoms with Gasteiger partial charge in [-0.2, -0.15) is 0 Å². The lowest BCUT2D eigenvalue weighted by atomic mass is 10.4. The maximum Gasteiger partial charge on any atom is 0.235 e. The SMILES string of the molecule is CC(C)N=C=O.CCCN=C=O. The zero-order chi connectivity index (χ0) is 9.82. The van der Waals surface area contributed by atoms with Crippen molar-refractivity contribution in [1.29, 1.82) is 0 Å². The van der Waals surface area contributed by atoms with Gasteiger partial charge in [0.2, 0.25) is 12.2 Å². The maximum absolute atomic E-state index is 9.32. The Kier molecular flexibility index (Phi) is 13.8. The third kappa shape index (κ3) is 23.3. The Morgan fingerprint density at radius 3 is 1.92 bits per heavy atom. The molecular weight excluding hydrogens is 156 g/mol. The van der Waals surface area contributed by atoms with E-state index in [9.17, 15) is 9.59 Å². The molecule has 0 atom stereocenters. The van der Waals surface area contributed by atoms with Gasteiger partial charge in [0.1, 0.15) is 0 Å². The molecule has 0 amide bonds. The van der Waals surface area contributed by atoms with E-state index in [1.165, 1.54) is 12.2 Å². The molecule has 4 heteroatoms. The highest BCUT2D eigenvalue weighted by Gasteiger charge is 1.78. The van der Waals surface area contributed by atoms with E-state index in [1.54, 1.807) is 0 Å². The first-order chi connectivity index (χ1) is 5.68. The van der Waals surface area contributed by atoms with Crippen LogP contribution in [0, 0.1) is 0 Å². The fraction of sp³-hybridized carbons (Fsp3) is 0.750. The molecule has 0 spiro atoms. The maximum atomic E-state index is 9.32. The van der Waals surface area contributed by atoms with Gasteiger partial charge in [-0.1, -0.05) is 6.92 Å². The topological polar surface area (TPSA) is 58.9 Å². The van der Waals surface area contributed by atoms with Crippen LogP contribution >= 0.6 is 0 Å². The molecule has 0 aromatic carbocycles. The van der Waals surface area contributed by atoms with Gasteiger partial charge in [0, 0.05) is 0 Å². The minimum atomic E-state index is 0.0995. The van der Waals surface area contributed by atoms with Crippen LogP contribution < -0.4 is 0 Å². The Morgan fingerprint density at radius 2 is 1.83 bits per heavy atom. The van der Waals surface area contributed by atoms with E-state index in [4.69, 9.17) is 0 Å². The molecule has 0 aromatic rings. The molecule has 0 N–H and O–H groups in total. The fourth-order valence-corrected chi connectivity index (χ4v) is 0.263. The molecule has 0 heterocycles. The summed E-state index contributed by atoms with van der Waals surface area (Å²) < 4.78 is 0. The molecule has 0 aliphatic rings. The molecule has 0 fully saturated rings. The molecule has 68 valence electrons. The van der Waals surface area contributed by atoms with Crippen molar-refractivity contribution in [2.75, 3.05) is 6.54 Å². The van der Waals surface area contributed by atoms with Crippen LogP contribution in [0.1, 0.15) is 27.2 Å². The lowest BCUT2D eigenvalue weighted by Gasteiger charge is -1.82. The normalized spacial score (nSPS) is 7.33. The van der Waals surface area contributed by atoms with Crippen molar-refractivity contribution in [3.8, 4) is 0 Å². The fourth-order valence-electron chi connectivity index (χ4n) is 0.263. The van der Waals surface area contributed by atoms with E-state index >= 15 is 0 Å². The van der Waals surface area contributed by atoms with Gasteiger partial charge < -0.3 is 0 Å². The summed E-state index contributed by atoms with van der Waals surface area (Å²) in [7, 11) is 0. The number of isocyanates is 2. The number of nitrogens with zero attached hydrogens (tertiary/aromatic N) is 2. The number of rotatable bonds is 3. The minimum absolute atomic E-state index is 0.0995. The van der Waals surface area contributed by atoms with Gasteiger partial charge in [-0.05, 0) is 20.3 Å². The predicted molar refractivity (Wildman–Crippen MR) is 46.5 cm³/mol. The molecule has 0 bridgehead atoms. The average Bonchev–Trinajstić information content (AvgIpc) is 2.02. The summed E-state index contributed by atoms with van der Waals surface area (Å²) in [4.78, 5) is 25.2. The van der Waals surface area contributed by atoms with Gasteiger partial charge in [0.25, 0.3) is 0 Å². The van der Waals surface area contributed by atoms with E-state index in [0.717, 1.165) is 6.42 Å². The summed E-state index contributed by atoms with van der Waals surface area (Å²) in [5, 5.41) is 0. The monoisotopic (exact) mass is 170 g/mol. The van der Waals surface area contributed by atoms with Crippen molar-refractivity contribution in [3.63, 3.8) is 0 Å². The zero-order valence-electron chi connectivity index (χ0n) is 7.70. The Labute approximate surface area is 72.4 Å². The minimum Gasteiger partial charge on any atom is -0.211 e. The van der Waals surface area contributed by atoms with Crippen LogP contribution in [0.4, 0.5) is 0 Å². The highest BCUT2D eigenvalue weighted by Crippen LogP contribution is 1.78. The summed E-state index contributed by atoms with van der Waals surface area (Å²) in [6.45, 7) is 6.22. The Bertz CT molecular complexity index is 177. The quantitative estimate of drug-likeness (QED) is 0.475. The first kappa shape index (κ1) is 13.4. The molecule has 0 aromatic heterocycles. The van der Waals surface area contributed by atoms with Gasteiger partial charge in [0.15, 0.2) is 0 Å². The summed E-state index contributed by atoms with van der Waals surface area (Å²) in [5.41, 5.74) is 0. The van der Waals surface area contributed by atoms with E-state index in [1.807, 2.05) is 20.8 Å². The molecule has 0 rings (SSSR count). The van der Waals surface area contributed by atoms with Crippen LogP contribution in [0.5, 0.6) is 0 Å². The molecule has 0 unspecified atom stereocenters. The second-order valence-electron chi connectivity index (χ2n) is 2.29. The summed E-state index contributed by atoms with van der Waals surface area (Å²) in [6.07, 6.45) is 3.81. The van der Waals surface area contributed by atoms with E-state index in [2.05, 4.69) is 9.98 Å². The molecular formula is C8H14N2O2. The number of aliphatic imine (C=N–C) groups is 2. The third-order valence-corrected chi connectivity index (χ3v) is 0.711. The first-order valence-electron chi connectivity index (χ1n) is 3.79. The molecule has 0 saturated carbocycles. The summed E-state index contributed by atoms with van der Waals surface area (Å²) >= 11 is 0. The lowest BCUT2D eigenvalue weighted by Crippen LogP contribution is -1.83. The van der Waals surface area contributed by atoms with Crippen molar-refractivity contribution in [2.45, 2.75) is 33.2 Å². The second kappa shape index (κ2) is 12.4. The van der Waals surface area contributed by atoms with Gasteiger partial charge in [-0.25, -0.2) is 19.6 Å². The lowest BCUT2D eigenvalue weighted by molar-refractivity contribution is 0.560. The largest absolute Gasteiger partial charge is 0.235 e. The van der Waals surface area contributed by atoms with Gasteiger partial charge in [-0.15, -0.1) is 0 Å². The van der Waals surface area contributed by atoms with Crippen molar-refractivity contribution >= 4 is 12.2 Å². The predicted octanol–water partition coefficient (Wildman–Crippen LogP) is 1.46. The van der Waals surface area contributed by atoms with Crippen molar-refractivity contribution < 1.29 is 9.59 Å². The first-order valence-corrected chi connectivity index (χ1v) is 3.79. The number of hydrogen-bond donors (Lipinski definition) is 0. The molecule has 12 heavy (non-hydrogen) atoms. The standard InChI is InChI=1S/2C4H7NO/c1-4(2)5-3-6;1-2-3-5-4-6/h4H,1-2H3;2-3H2,1H3. The second-order valence-corrected chi connectivity index (χ2v) is 2.29. The molecule has 0 radical (unpaired) electrons. The van der Waals surface area contributed by atoms with E-state index in [0.29, 0.717) is 6.54 Å². The van der Waals surface area contributed by atoms with Crippen LogP contribution in [0.25, 0.3) is 0 Å². The zero-order valence-corrected chi connectivity index (χ0v) is 7.70. The van der Waals surface area contributed by atoms with Crippen LogP contribution in [-0.4, -0.2) is 24.7 Å². The Balaban J connectivity index is 0. The highest BCUT2D eigenvalue weighted by molar-refractivity contribution is 5.33. The average molecular weight is 170 g/mol. The van der Waals surface area contributed by atoms with E-state index in [-0.39, 0.29) is 6.04 Å². The summed E-state index contributed by atoms with van der Waals surface area (Å²) in [5.74, 6) is 0. The van der Waals surface area contributed by atoms with Gasteiger partial charge in [-0.3, -0.25) is 0 Å². The molecule has 4 nitrogen and oxygen atoms in total. The smallest absolute Gasteiger partial charge is 0.211 e. The number of carbonyl (C=O) groups excluding carboxylic acids is 2. The van der Waals surface area contributed by atoms with Crippen LogP contribution in [0.15, 0.2) is 9.98 Å².